The second kappa shape index (κ2) is 10.8. The van der Waals surface area contributed by atoms with Gasteiger partial charge in [0.15, 0.2) is 11.5 Å². The minimum absolute atomic E-state index is 0.0336. The van der Waals surface area contributed by atoms with Gasteiger partial charge in [0.05, 0.1) is 31.4 Å². The van der Waals surface area contributed by atoms with Crippen molar-refractivity contribution < 1.29 is 24.5 Å². The van der Waals surface area contributed by atoms with E-state index in [4.69, 9.17) is 9.84 Å². The fourth-order valence-corrected chi connectivity index (χ4v) is 4.05. The number of ether oxygens (including phenoxy) is 1. The van der Waals surface area contributed by atoms with Gasteiger partial charge in [-0.1, -0.05) is 75.4 Å². The van der Waals surface area contributed by atoms with Gasteiger partial charge in [-0.15, -0.1) is 0 Å². The van der Waals surface area contributed by atoms with Crippen molar-refractivity contribution in [3.8, 4) is 0 Å². The van der Waals surface area contributed by atoms with Crippen molar-refractivity contribution in [3.63, 3.8) is 0 Å². The number of amides is 1. The third kappa shape index (κ3) is 5.89. The summed E-state index contributed by atoms with van der Waals surface area (Å²) in [5.74, 6) is -1.30. The first-order valence-corrected chi connectivity index (χ1v) is 11.3. The largest absolute Gasteiger partial charge is 0.503 e. The number of Topliss-reactive ketones (excluding diaryl/α,β-unsaturated/α-hetero) is 1. The highest BCUT2D eigenvalue weighted by Crippen LogP contribution is 2.39. The summed E-state index contributed by atoms with van der Waals surface area (Å²) in [6.07, 6.45) is 0.724. The highest BCUT2D eigenvalue weighted by atomic mass is 16.5. The van der Waals surface area contributed by atoms with Gasteiger partial charge in [0.25, 0.3) is 5.91 Å². The van der Waals surface area contributed by atoms with Crippen molar-refractivity contribution in [1.82, 2.24) is 4.90 Å². The predicted molar refractivity (Wildman–Crippen MR) is 127 cm³/mol. The van der Waals surface area contributed by atoms with E-state index < -0.39 is 17.7 Å². The summed E-state index contributed by atoms with van der Waals surface area (Å²) in [4.78, 5) is 27.7. The van der Waals surface area contributed by atoms with Gasteiger partial charge < -0.3 is 19.8 Å². The molecular weight excluding hydrogens is 418 g/mol. The van der Waals surface area contributed by atoms with Crippen LogP contribution < -0.4 is 0 Å². The number of hydrogen-bond acceptors (Lipinski definition) is 5. The number of nitrogens with zero attached hydrogens (tertiary/aromatic N) is 1. The molecule has 0 spiro atoms. The Morgan fingerprint density at radius 3 is 2.30 bits per heavy atom. The van der Waals surface area contributed by atoms with E-state index in [0.29, 0.717) is 6.42 Å². The standard InChI is InChI=1S/C27H33NO5/c1-27(2,3)21-12-10-20(11-13-21)24-23(22(30)14-9-19-7-5-4-6-8-19)25(31)26(32)28(24)15-17-33-18-16-29/h4-8,10-13,24,29,31H,9,14-18H2,1-3H3. The van der Waals surface area contributed by atoms with Gasteiger partial charge in [-0.25, -0.2) is 0 Å². The van der Waals surface area contributed by atoms with Gasteiger partial charge >= 0.3 is 0 Å². The molecule has 0 radical (unpaired) electrons. The Kier molecular flexibility index (Phi) is 8.06. The number of benzene rings is 2. The van der Waals surface area contributed by atoms with Gasteiger partial charge in [-0.05, 0) is 28.5 Å². The fraction of sp³-hybridized carbons (Fsp3) is 0.407. The van der Waals surface area contributed by atoms with E-state index in [1.807, 2.05) is 54.6 Å². The first-order chi connectivity index (χ1) is 15.7. The fourth-order valence-electron chi connectivity index (χ4n) is 4.05. The second-order valence-corrected chi connectivity index (χ2v) is 9.28. The van der Waals surface area contributed by atoms with Crippen molar-refractivity contribution in [2.45, 2.75) is 45.1 Å². The average molecular weight is 452 g/mol. The van der Waals surface area contributed by atoms with Gasteiger partial charge in [0, 0.05) is 13.0 Å². The molecule has 1 unspecified atom stereocenters. The maximum Gasteiger partial charge on any atom is 0.290 e. The lowest BCUT2D eigenvalue weighted by Crippen LogP contribution is -2.34. The van der Waals surface area contributed by atoms with Crippen molar-refractivity contribution in [3.05, 3.63) is 82.6 Å². The molecule has 1 aliphatic heterocycles. The van der Waals surface area contributed by atoms with Crippen LogP contribution in [0.5, 0.6) is 0 Å². The average Bonchev–Trinajstić information content (AvgIpc) is 3.05. The number of ketones is 1. The maximum absolute atomic E-state index is 13.2. The van der Waals surface area contributed by atoms with Crippen LogP contribution in [-0.4, -0.2) is 53.2 Å². The third-order valence-corrected chi connectivity index (χ3v) is 5.89. The third-order valence-electron chi connectivity index (χ3n) is 5.89. The lowest BCUT2D eigenvalue weighted by atomic mass is 9.85. The number of rotatable bonds is 10. The molecule has 0 aliphatic carbocycles. The first-order valence-electron chi connectivity index (χ1n) is 11.3. The number of carbonyl (C=O) groups is 2. The van der Waals surface area contributed by atoms with E-state index in [1.165, 1.54) is 4.90 Å². The summed E-state index contributed by atoms with van der Waals surface area (Å²) < 4.78 is 5.35. The van der Waals surface area contributed by atoms with Crippen LogP contribution in [0.25, 0.3) is 0 Å². The monoisotopic (exact) mass is 451 g/mol. The summed E-state index contributed by atoms with van der Waals surface area (Å²) >= 11 is 0. The van der Waals surface area contributed by atoms with Gasteiger partial charge in [-0.3, -0.25) is 9.59 Å². The molecule has 6 nitrogen and oxygen atoms in total. The molecular formula is C27H33NO5. The van der Waals surface area contributed by atoms with Gasteiger partial charge in [0.1, 0.15) is 0 Å². The number of aryl methyl sites for hydroxylation is 1. The molecule has 0 fully saturated rings. The predicted octanol–water partition coefficient (Wildman–Crippen LogP) is 3.89. The molecule has 2 aromatic rings. The van der Waals surface area contributed by atoms with Crippen LogP contribution in [0.4, 0.5) is 0 Å². The molecule has 0 saturated heterocycles. The molecule has 2 aromatic carbocycles. The number of carbonyl (C=O) groups excluding carboxylic acids is 2. The van der Waals surface area contributed by atoms with Gasteiger partial charge in [-0.2, -0.15) is 0 Å². The topological polar surface area (TPSA) is 87.1 Å². The smallest absolute Gasteiger partial charge is 0.290 e. The molecule has 0 aromatic heterocycles. The van der Waals surface area contributed by atoms with E-state index in [1.54, 1.807) is 0 Å². The zero-order chi connectivity index (χ0) is 24.0. The summed E-state index contributed by atoms with van der Waals surface area (Å²) in [6.45, 7) is 6.81. The van der Waals surface area contributed by atoms with Crippen molar-refractivity contribution >= 4 is 11.7 Å². The molecule has 3 rings (SSSR count). The molecule has 1 amide bonds. The SMILES string of the molecule is CC(C)(C)c1ccc(C2C(C(=O)CCc3ccccc3)=C(O)C(=O)N2CCOCCO)cc1. The zero-order valence-electron chi connectivity index (χ0n) is 19.6. The molecule has 1 aliphatic rings. The number of aliphatic hydroxyl groups is 2. The summed E-state index contributed by atoms with van der Waals surface area (Å²) in [5.41, 5.74) is 3.04. The van der Waals surface area contributed by atoms with Crippen molar-refractivity contribution in [1.29, 1.82) is 0 Å². The van der Waals surface area contributed by atoms with Crippen LogP contribution in [0, 0.1) is 0 Å². The Morgan fingerprint density at radius 1 is 1.03 bits per heavy atom. The highest BCUT2D eigenvalue weighted by molar-refractivity contribution is 6.09. The first kappa shape index (κ1) is 24.7. The Labute approximate surface area is 195 Å². The highest BCUT2D eigenvalue weighted by Gasteiger charge is 2.43. The van der Waals surface area contributed by atoms with Crippen LogP contribution in [0.2, 0.25) is 0 Å². The Bertz CT molecular complexity index is 989. The van der Waals surface area contributed by atoms with E-state index in [9.17, 15) is 14.7 Å². The van der Waals surface area contributed by atoms with E-state index >= 15 is 0 Å². The summed E-state index contributed by atoms with van der Waals surface area (Å²) in [5, 5.41) is 19.6. The maximum atomic E-state index is 13.2. The lowest BCUT2D eigenvalue weighted by Gasteiger charge is -2.27. The quantitative estimate of drug-likeness (QED) is 0.535. The second-order valence-electron chi connectivity index (χ2n) is 9.28. The Morgan fingerprint density at radius 2 is 1.70 bits per heavy atom. The minimum atomic E-state index is -0.674. The van der Waals surface area contributed by atoms with E-state index in [-0.39, 0.29) is 49.6 Å². The molecule has 1 atom stereocenters. The Balaban J connectivity index is 1.89. The van der Waals surface area contributed by atoms with Crippen molar-refractivity contribution in [2.75, 3.05) is 26.4 Å². The molecule has 1 heterocycles. The number of hydrogen-bond donors (Lipinski definition) is 2. The van der Waals surface area contributed by atoms with Crippen LogP contribution in [0.1, 0.15) is 49.9 Å². The van der Waals surface area contributed by atoms with Crippen molar-refractivity contribution in [2.24, 2.45) is 0 Å². The minimum Gasteiger partial charge on any atom is -0.503 e. The van der Waals surface area contributed by atoms with Crippen LogP contribution in [0.15, 0.2) is 65.9 Å². The summed E-state index contributed by atoms with van der Waals surface area (Å²) in [7, 11) is 0. The van der Waals surface area contributed by atoms with E-state index in [2.05, 4.69) is 20.8 Å². The zero-order valence-corrected chi connectivity index (χ0v) is 19.6. The normalized spacial score (nSPS) is 16.5. The lowest BCUT2D eigenvalue weighted by molar-refractivity contribution is -0.130. The molecule has 0 bridgehead atoms. The molecule has 6 heteroatoms. The van der Waals surface area contributed by atoms with Crippen LogP contribution >= 0.6 is 0 Å². The van der Waals surface area contributed by atoms with Crippen LogP contribution in [-0.2, 0) is 26.2 Å². The Hall–Kier alpha value is -2.96. The van der Waals surface area contributed by atoms with Gasteiger partial charge in [0.2, 0.25) is 0 Å². The molecule has 0 saturated carbocycles. The number of aliphatic hydroxyl groups excluding tert-OH is 2. The van der Waals surface area contributed by atoms with E-state index in [0.717, 1.165) is 16.7 Å². The molecule has 33 heavy (non-hydrogen) atoms. The molecule has 2 N–H and O–H groups in total. The molecule has 176 valence electrons. The van der Waals surface area contributed by atoms with Crippen LogP contribution in [0.3, 0.4) is 0 Å². The summed E-state index contributed by atoms with van der Waals surface area (Å²) in [6, 6.07) is 16.8.